The summed E-state index contributed by atoms with van der Waals surface area (Å²) in [5.74, 6) is -0.0131. The molecule has 0 bridgehead atoms. The van der Waals surface area contributed by atoms with Crippen LogP contribution in [0.4, 0.5) is 5.88 Å². The van der Waals surface area contributed by atoms with Crippen LogP contribution < -0.4 is 4.90 Å². The molecule has 8 heteroatoms. The molecule has 2 aromatic rings. The molecule has 2 aromatic heterocycles. The lowest BCUT2D eigenvalue weighted by Crippen LogP contribution is -2.06. The van der Waals surface area contributed by atoms with Crippen LogP contribution in [0.25, 0.3) is 6.08 Å². The number of allylic oxidation sites excluding steroid dienone is 1. The number of hydrogen-bond acceptors (Lipinski definition) is 8. The van der Waals surface area contributed by atoms with Gasteiger partial charge in [-0.25, -0.2) is 4.79 Å². The number of nitriles is 2. The van der Waals surface area contributed by atoms with E-state index in [1.807, 2.05) is 26.2 Å². The summed E-state index contributed by atoms with van der Waals surface area (Å²) in [7, 11) is 3.62. The largest absolute Gasteiger partial charge is 0.462 e. The number of esters is 1. The fourth-order valence-corrected chi connectivity index (χ4v) is 3.60. The molecule has 0 aliphatic carbocycles. The number of nitrogens with zero attached hydrogens (tertiary/aromatic N) is 3. The van der Waals surface area contributed by atoms with Crippen molar-refractivity contribution in [3.8, 4) is 12.1 Å². The van der Waals surface area contributed by atoms with Crippen LogP contribution >= 0.6 is 11.3 Å². The molecule has 0 saturated carbocycles. The molecule has 28 heavy (non-hydrogen) atoms. The number of anilines is 1. The average molecular weight is 397 g/mol. The predicted octanol–water partition coefficient (Wildman–Crippen LogP) is 3.48. The Morgan fingerprint density at radius 1 is 1.32 bits per heavy atom. The first kappa shape index (κ1) is 20.9. The van der Waals surface area contributed by atoms with Gasteiger partial charge in [0.25, 0.3) is 0 Å². The van der Waals surface area contributed by atoms with E-state index in [2.05, 4.69) is 0 Å². The zero-order valence-corrected chi connectivity index (χ0v) is 16.8. The van der Waals surface area contributed by atoms with Crippen molar-refractivity contribution in [2.45, 2.75) is 20.3 Å². The van der Waals surface area contributed by atoms with Crippen molar-refractivity contribution >= 4 is 35.0 Å². The van der Waals surface area contributed by atoms with Gasteiger partial charge in [0.15, 0.2) is 11.7 Å². The minimum atomic E-state index is -0.525. The monoisotopic (exact) mass is 397 g/mol. The van der Waals surface area contributed by atoms with Crippen molar-refractivity contribution in [3.63, 3.8) is 0 Å². The van der Waals surface area contributed by atoms with Crippen molar-refractivity contribution in [1.29, 1.82) is 10.5 Å². The van der Waals surface area contributed by atoms with Crippen LogP contribution in [0.2, 0.25) is 0 Å². The van der Waals surface area contributed by atoms with Gasteiger partial charge in [-0.1, -0.05) is 0 Å². The zero-order chi connectivity index (χ0) is 20.8. The lowest BCUT2D eigenvalue weighted by molar-refractivity contribution is -0.114. The van der Waals surface area contributed by atoms with Gasteiger partial charge in [0, 0.05) is 37.5 Å². The lowest BCUT2D eigenvalue weighted by atomic mass is 10.0. The molecule has 7 nitrogen and oxygen atoms in total. The summed E-state index contributed by atoms with van der Waals surface area (Å²) < 4.78 is 10.5. The van der Waals surface area contributed by atoms with Gasteiger partial charge in [-0.05, 0) is 25.5 Å². The van der Waals surface area contributed by atoms with Crippen LogP contribution in [0.5, 0.6) is 0 Å². The molecule has 0 amide bonds. The second-order valence-electron chi connectivity index (χ2n) is 6.03. The fraction of sp³-hybridized carbons (Fsp3) is 0.300. The first-order valence-corrected chi connectivity index (χ1v) is 9.25. The van der Waals surface area contributed by atoms with Crippen LogP contribution in [-0.4, -0.2) is 32.5 Å². The summed E-state index contributed by atoms with van der Waals surface area (Å²) in [5.41, 5.74) is 0.664. The average Bonchev–Trinajstić information content (AvgIpc) is 3.24. The van der Waals surface area contributed by atoms with Crippen LogP contribution in [0, 0.1) is 29.6 Å². The van der Waals surface area contributed by atoms with Crippen LogP contribution in [0.15, 0.2) is 22.1 Å². The molecule has 2 heterocycles. The first-order chi connectivity index (χ1) is 13.3. The Morgan fingerprint density at radius 3 is 2.57 bits per heavy atom. The van der Waals surface area contributed by atoms with Crippen LogP contribution in [-0.2, 0) is 16.0 Å². The van der Waals surface area contributed by atoms with E-state index in [-0.39, 0.29) is 24.2 Å². The number of thiophene rings is 1. The van der Waals surface area contributed by atoms with Crippen molar-refractivity contribution in [1.82, 2.24) is 0 Å². The number of carbonyl (C=O) groups is 2. The number of ether oxygens (including phenoxy) is 1. The van der Waals surface area contributed by atoms with Gasteiger partial charge in [0.1, 0.15) is 22.8 Å². The van der Waals surface area contributed by atoms with Crippen molar-refractivity contribution in [2.75, 3.05) is 25.6 Å². The maximum atomic E-state index is 12.6. The van der Waals surface area contributed by atoms with E-state index in [9.17, 15) is 20.1 Å². The highest BCUT2D eigenvalue weighted by atomic mass is 32.1. The minimum Gasteiger partial charge on any atom is -0.462 e. The van der Waals surface area contributed by atoms with E-state index in [0.29, 0.717) is 27.0 Å². The van der Waals surface area contributed by atoms with Crippen molar-refractivity contribution < 1.29 is 18.7 Å². The summed E-state index contributed by atoms with van der Waals surface area (Å²) in [6.45, 7) is 3.55. The highest BCUT2D eigenvalue weighted by molar-refractivity contribution is 7.14. The minimum absolute atomic E-state index is 0.0905. The quantitative estimate of drug-likeness (QED) is 0.400. The van der Waals surface area contributed by atoms with Gasteiger partial charge in [0.2, 0.25) is 0 Å². The molecule has 0 spiro atoms. The van der Waals surface area contributed by atoms with Gasteiger partial charge in [-0.2, -0.15) is 10.5 Å². The standard InChI is InChI=1S/C20H19N3O4S/c1-5-26-20(25)19-12(2)15(11-22)17(28-19)9-16(24)13(10-21)8-14-6-7-18(27-14)23(3)4/h6-8H,5,9H2,1-4H3/b13-8+. The van der Waals surface area contributed by atoms with Gasteiger partial charge in [-0.15, -0.1) is 11.3 Å². The molecule has 0 fully saturated rings. The summed E-state index contributed by atoms with van der Waals surface area (Å²) in [6.07, 6.45) is 1.21. The molecule has 0 atom stereocenters. The zero-order valence-electron chi connectivity index (χ0n) is 16.0. The third kappa shape index (κ3) is 4.48. The first-order valence-electron chi connectivity index (χ1n) is 8.44. The highest BCUT2D eigenvalue weighted by Crippen LogP contribution is 2.30. The summed E-state index contributed by atoms with van der Waals surface area (Å²) in [4.78, 5) is 27.1. The SMILES string of the molecule is CCOC(=O)c1sc(CC(=O)/C(C#N)=C/c2ccc(N(C)C)o2)c(C#N)c1C. The van der Waals surface area contributed by atoms with E-state index in [0.717, 1.165) is 11.3 Å². The molecule has 0 unspecified atom stereocenters. The second kappa shape index (κ2) is 9.03. The van der Waals surface area contributed by atoms with E-state index in [4.69, 9.17) is 9.15 Å². The Hall–Kier alpha value is -3.36. The smallest absolute Gasteiger partial charge is 0.348 e. The molecule has 0 aliphatic heterocycles. The third-order valence-corrected chi connectivity index (χ3v) is 5.15. The molecule has 0 N–H and O–H groups in total. The summed E-state index contributed by atoms with van der Waals surface area (Å²) in [5, 5.41) is 18.8. The van der Waals surface area contributed by atoms with Gasteiger partial charge < -0.3 is 14.1 Å². The number of furan rings is 1. The van der Waals surface area contributed by atoms with E-state index >= 15 is 0 Å². The van der Waals surface area contributed by atoms with E-state index < -0.39 is 11.8 Å². The third-order valence-electron chi connectivity index (χ3n) is 3.87. The number of carbonyl (C=O) groups excluding carboxylic acids is 2. The molecule has 144 valence electrons. The van der Waals surface area contributed by atoms with Gasteiger partial charge in [-0.3, -0.25) is 4.79 Å². The normalized spacial score (nSPS) is 10.9. The maximum Gasteiger partial charge on any atom is 0.348 e. The molecule has 0 radical (unpaired) electrons. The molecule has 0 saturated heterocycles. The molecular weight excluding hydrogens is 378 g/mol. The molecule has 0 aliphatic rings. The van der Waals surface area contributed by atoms with Crippen LogP contribution in [0.1, 0.15) is 38.4 Å². The van der Waals surface area contributed by atoms with Gasteiger partial charge in [0.05, 0.1) is 17.7 Å². The Morgan fingerprint density at radius 2 is 2.04 bits per heavy atom. The summed E-state index contributed by atoms with van der Waals surface area (Å²) in [6, 6.07) is 7.30. The molecule has 2 rings (SSSR count). The van der Waals surface area contributed by atoms with Crippen molar-refractivity contribution in [3.05, 3.63) is 44.3 Å². The predicted molar refractivity (Wildman–Crippen MR) is 105 cm³/mol. The number of ketones is 1. The number of hydrogen-bond donors (Lipinski definition) is 0. The highest BCUT2D eigenvalue weighted by Gasteiger charge is 2.23. The number of rotatable bonds is 7. The Labute approximate surface area is 167 Å². The Balaban J connectivity index is 2.31. The molecular formula is C20H19N3O4S. The van der Waals surface area contributed by atoms with Crippen LogP contribution in [0.3, 0.4) is 0 Å². The van der Waals surface area contributed by atoms with Crippen molar-refractivity contribution in [2.24, 2.45) is 0 Å². The van der Waals surface area contributed by atoms with E-state index in [1.54, 1.807) is 30.9 Å². The topological polar surface area (TPSA) is 107 Å². The fourth-order valence-electron chi connectivity index (χ4n) is 2.45. The Kier molecular flexibility index (Phi) is 6.75. The number of Topliss-reactive ketones (excluding diaryl/α,β-unsaturated/α-hetero) is 1. The van der Waals surface area contributed by atoms with E-state index in [1.165, 1.54) is 6.08 Å². The maximum absolute atomic E-state index is 12.6. The Bertz CT molecular complexity index is 1020. The lowest BCUT2D eigenvalue weighted by Gasteiger charge is -2.05. The summed E-state index contributed by atoms with van der Waals surface area (Å²) >= 11 is 1.04. The molecule has 0 aromatic carbocycles. The second-order valence-corrected chi connectivity index (χ2v) is 7.13. The van der Waals surface area contributed by atoms with Gasteiger partial charge >= 0.3 is 5.97 Å².